The van der Waals surface area contributed by atoms with Crippen LogP contribution in [0.15, 0.2) is 59.3 Å². The van der Waals surface area contributed by atoms with Crippen LogP contribution in [-0.4, -0.2) is 80.9 Å². The van der Waals surface area contributed by atoms with E-state index in [0.29, 0.717) is 32.1 Å². The molecule has 320 valence electrons. The van der Waals surface area contributed by atoms with E-state index >= 15 is 0 Å². The second kappa shape index (κ2) is 14.7. The fraction of sp³-hybridized carbons (Fsp3) is 0.667. The van der Waals surface area contributed by atoms with Crippen molar-refractivity contribution in [3.05, 3.63) is 59.3 Å². The number of hydrogen-bond donors (Lipinski definition) is 3. The molecule has 0 amide bonds. The minimum absolute atomic E-state index is 0.00535. The third-order valence-corrected chi connectivity index (χ3v) is 17.1. The lowest BCUT2D eigenvalue weighted by atomic mass is 9.45. The first-order chi connectivity index (χ1) is 27.5. The third-order valence-electron chi connectivity index (χ3n) is 17.1. The summed E-state index contributed by atoms with van der Waals surface area (Å²) in [5.41, 5.74) is -1.54. The fourth-order valence-corrected chi connectivity index (χ4v) is 14.2. The van der Waals surface area contributed by atoms with Gasteiger partial charge >= 0.3 is 11.9 Å². The van der Waals surface area contributed by atoms with Gasteiger partial charge < -0.3 is 24.8 Å². The lowest BCUT2D eigenvalue weighted by Crippen LogP contribution is -2.62. The summed E-state index contributed by atoms with van der Waals surface area (Å²) in [5, 5.41) is 34.3. The molecule has 14 atom stereocenters. The molecule has 0 aliphatic heterocycles. The van der Waals surface area contributed by atoms with Gasteiger partial charge in [-0.2, -0.15) is 0 Å². The van der Waals surface area contributed by atoms with Crippen LogP contribution in [-0.2, 0) is 38.2 Å². The minimum atomic E-state index is -1.61. The molecule has 0 aromatic heterocycles. The molecule has 11 nitrogen and oxygen atoms in total. The summed E-state index contributed by atoms with van der Waals surface area (Å²) in [5.74, 6) is -0.859. The van der Waals surface area contributed by atoms with Gasteiger partial charge in [-0.05, 0) is 124 Å². The van der Waals surface area contributed by atoms with E-state index in [0.717, 1.165) is 24.8 Å². The Morgan fingerprint density at radius 3 is 1.85 bits per heavy atom. The van der Waals surface area contributed by atoms with Gasteiger partial charge in [-0.1, -0.05) is 64.0 Å². The highest BCUT2D eigenvalue weighted by molar-refractivity contribution is 6.02. The molecular formula is C48H62O11. The Labute approximate surface area is 347 Å². The largest absolute Gasteiger partial charge is 0.458 e. The molecule has 0 radical (unpaired) electrons. The van der Waals surface area contributed by atoms with Crippen LogP contribution in [0.1, 0.15) is 107 Å². The van der Waals surface area contributed by atoms with Crippen molar-refractivity contribution in [2.24, 2.45) is 63.1 Å². The number of aliphatic hydroxyl groups excluding tert-OH is 1. The second-order valence-electron chi connectivity index (χ2n) is 20.1. The van der Waals surface area contributed by atoms with E-state index in [2.05, 4.69) is 33.8 Å². The normalized spacial score (nSPS) is 45.0. The zero-order chi connectivity index (χ0) is 43.2. The van der Waals surface area contributed by atoms with Crippen LogP contribution in [0.25, 0.3) is 0 Å². The SMILES string of the molecule is CC(=O)OCC(=O)[C@@]1(O)CCC2C3C[C@H](C)C4=CC(=O)C=C[C@]4(C)C3=CC[C@@]21C.CC(=O)OCC(=O)[C@@]1(O)CCC2C3C[C@H](C)C4=CC(=O)C=C[C@]4(C)C3[C@@H](O)C[C@@]21C. The standard InChI is InChI=1S/C24H32O6.C24H30O5/c1-13-9-16-17-6-8-24(29,20(28)12-30-14(2)25)23(17,4)11-19(27)21(16)22(3)7-5-15(26)10-18(13)22;1-14-11-17-18(22(3)8-5-16(26)12-20(14)22)6-9-23(4)19(17)7-10-24(23,28)21(27)13-29-15(2)25/h5,7,10,13,16-17,19,21,27,29H,6,8-9,11-12H2,1-4H3;5-6,8,12,14,17,19,28H,7,9-11,13H2,1-4H3/t13-,16?,17?,19-,21?,22-,23-,24-;14-,17?,19?,22+,23-,24-/m00/s1. The maximum atomic E-state index is 12.9. The predicted molar refractivity (Wildman–Crippen MR) is 217 cm³/mol. The molecule has 0 aromatic rings. The topological polar surface area (TPSA) is 182 Å². The van der Waals surface area contributed by atoms with Crippen molar-refractivity contribution in [3.8, 4) is 0 Å². The maximum absolute atomic E-state index is 12.9. The van der Waals surface area contributed by atoms with Gasteiger partial charge in [0.05, 0.1) is 6.10 Å². The highest BCUT2D eigenvalue weighted by Gasteiger charge is 2.69. The summed E-state index contributed by atoms with van der Waals surface area (Å²) in [7, 11) is 0. The van der Waals surface area contributed by atoms with Gasteiger partial charge in [0.25, 0.3) is 0 Å². The molecule has 0 aromatic carbocycles. The smallest absolute Gasteiger partial charge is 0.303 e. The number of esters is 2. The maximum Gasteiger partial charge on any atom is 0.303 e. The average Bonchev–Trinajstić information content (AvgIpc) is 3.60. The van der Waals surface area contributed by atoms with E-state index in [4.69, 9.17) is 9.47 Å². The number of aliphatic hydroxyl groups is 3. The predicted octanol–water partition coefficient (Wildman–Crippen LogP) is 5.70. The lowest BCUT2D eigenvalue weighted by Gasteiger charge is -2.60. The summed E-state index contributed by atoms with van der Waals surface area (Å²) in [6.07, 6.45) is 17.1. The Bertz CT molecular complexity index is 2020. The van der Waals surface area contributed by atoms with Gasteiger partial charge in [0.2, 0.25) is 11.6 Å². The van der Waals surface area contributed by atoms with E-state index in [9.17, 15) is 44.1 Å². The Morgan fingerprint density at radius 1 is 0.729 bits per heavy atom. The molecule has 8 aliphatic carbocycles. The van der Waals surface area contributed by atoms with E-state index in [1.165, 1.54) is 25.0 Å². The summed E-state index contributed by atoms with van der Waals surface area (Å²) < 4.78 is 9.81. The molecule has 0 heterocycles. The van der Waals surface area contributed by atoms with Crippen molar-refractivity contribution in [1.29, 1.82) is 0 Å². The van der Waals surface area contributed by atoms with Crippen LogP contribution >= 0.6 is 0 Å². The van der Waals surface area contributed by atoms with Gasteiger partial charge in [0.15, 0.2) is 24.8 Å². The summed E-state index contributed by atoms with van der Waals surface area (Å²) in [4.78, 5) is 72.1. The zero-order valence-electron chi connectivity index (χ0n) is 35.8. The Kier molecular flexibility index (Phi) is 10.8. The molecule has 5 saturated carbocycles. The van der Waals surface area contributed by atoms with Crippen molar-refractivity contribution < 1.29 is 53.6 Å². The van der Waals surface area contributed by atoms with E-state index < -0.39 is 63.7 Å². The van der Waals surface area contributed by atoms with E-state index in [1.54, 1.807) is 24.3 Å². The Morgan fingerprint density at radius 2 is 1.25 bits per heavy atom. The number of ketones is 4. The first kappa shape index (κ1) is 43.3. The molecule has 3 N–H and O–H groups in total. The number of fused-ring (bicyclic) bond motifs is 10. The molecule has 8 rings (SSSR count). The summed E-state index contributed by atoms with van der Waals surface area (Å²) in [6.45, 7) is 14.2. The van der Waals surface area contributed by atoms with Crippen LogP contribution in [0, 0.1) is 63.1 Å². The van der Waals surface area contributed by atoms with E-state index in [1.807, 2.05) is 26.0 Å². The fourth-order valence-electron chi connectivity index (χ4n) is 14.2. The molecule has 0 saturated heterocycles. The molecule has 59 heavy (non-hydrogen) atoms. The average molecular weight is 815 g/mol. The van der Waals surface area contributed by atoms with Crippen LogP contribution in [0.2, 0.25) is 0 Å². The van der Waals surface area contributed by atoms with Crippen molar-refractivity contribution in [3.63, 3.8) is 0 Å². The van der Waals surface area contributed by atoms with Crippen LogP contribution in [0.5, 0.6) is 0 Å². The lowest BCUT2D eigenvalue weighted by molar-refractivity contribution is -0.182. The van der Waals surface area contributed by atoms with Crippen LogP contribution in [0.3, 0.4) is 0 Å². The Hall–Kier alpha value is -3.80. The van der Waals surface area contributed by atoms with Crippen LogP contribution in [0.4, 0.5) is 0 Å². The van der Waals surface area contributed by atoms with Gasteiger partial charge in [-0.15, -0.1) is 0 Å². The molecule has 0 bridgehead atoms. The molecular weight excluding hydrogens is 753 g/mol. The first-order valence-electron chi connectivity index (χ1n) is 21.5. The van der Waals surface area contributed by atoms with Crippen molar-refractivity contribution in [1.82, 2.24) is 0 Å². The molecule has 0 spiro atoms. The number of Topliss-reactive ketones (excluding diaryl/α,β-unsaturated/α-hetero) is 2. The number of ether oxygens (including phenoxy) is 2. The molecule has 5 fully saturated rings. The van der Waals surface area contributed by atoms with Crippen molar-refractivity contribution >= 4 is 35.1 Å². The third kappa shape index (κ3) is 6.46. The van der Waals surface area contributed by atoms with Gasteiger partial charge in [-0.3, -0.25) is 28.8 Å². The van der Waals surface area contributed by atoms with Gasteiger partial charge in [-0.25, -0.2) is 0 Å². The van der Waals surface area contributed by atoms with Crippen molar-refractivity contribution in [2.75, 3.05) is 13.2 Å². The van der Waals surface area contributed by atoms with E-state index in [-0.39, 0.29) is 65.0 Å². The number of carbonyl (C=O) groups excluding carboxylic acids is 6. The Balaban J connectivity index is 0.000000179. The first-order valence-corrected chi connectivity index (χ1v) is 21.5. The molecule has 8 aliphatic rings. The summed E-state index contributed by atoms with van der Waals surface area (Å²) in [6, 6.07) is 0. The highest BCUT2D eigenvalue weighted by atomic mass is 16.5. The quantitative estimate of drug-likeness (QED) is 0.221. The monoisotopic (exact) mass is 814 g/mol. The van der Waals surface area contributed by atoms with Crippen LogP contribution < -0.4 is 0 Å². The minimum Gasteiger partial charge on any atom is -0.458 e. The van der Waals surface area contributed by atoms with Gasteiger partial charge in [0, 0.05) is 41.4 Å². The zero-order valence-corrected chi connectivity index (χ0v) is 35.8. The van der Waals surface area contributed by atoms with Crippen molar-refractivity contribution in [2.45, 2.75) is 124 Å². The number of hydrogen-bond acceptors (Lipinski definition) is 11. The number of carbonyl (C=O) groups is 6. The summed E-state index contributed by atoms with van der Waals surface area (Å²) >= 11 is 0. The second-order valence-corrected chi connectivity index (χ2v) is 20.1. The van der Waals surface area contributed by atoms with Gasteiger partial charge in [0.1, 0.15) is 11.2 Å². The number of rotatable bonds is 6. The highest BCUT2D eigenvalue weighted by Crippen LogP contribution is 2.69. The number of allylic oxidation sites excluding steroid dienone is 10. The molecule has 5 unspecified atom stereocenters. The molecule has 11 heteroatoms.